The van der Waals surface area contributed by atoms with Gasteiger partial charge in [-0.1, -0.05) is 20.8 Å². The van der Waals surface area contributed by atoms with Crippen LogP contribution in [0, 0.1) is 5.41 Å². The third kappa shape index (κ3) is 8.85. The third-order valence-electron chi connectivity index (χ3n) is 1.51. The molecule has 4 heteroatoms. The third-order valence-corrected chi connectivity index (χ3v) is 1.51. The normalized spacial score (nSPS) is 11.0. The van der Waals surface area contributed by atoms with Crippen LogP contribution in [0.25, 0.3) is 0 Å². The Kier molecular flexibility index (Phi) is 4.45. The van der Waals surface area contributed by atoms with Gasteiger partial charge in [-0.05, 0) is 11.8 Å². The second kappa shape index (κ2) is 4.84. The molecule has 0 fully saturated rings. The molecule has 0 bridgehead atoms. The molecule has 13 heavy (non-hydrogen) atoms. The number of rotatable bonds is 4. The first-order chi connectivity index (χ1) is 5.81. The summed E-state index contributed by atoms with van der Waals surface area (Å²) in [4.78, 5) is 21.0. The molecule has 0 spiro atoms. The van der Waals surface area contributed by atoms with Crippen LogP contribution in [0.1, 0.15) is 33.6 Å². The van der Waals surface area contributed by atoms with Gasteiger partial charge in [0.15, 0.2) is 0 Å². The molecule has 0 atom stereocenters. The van der Waals surface area contributed by atoms with Crippen molar-refractivity contribution >= 4 is 11.9 Å². The van der Waals surface area contributed by atoms with Crippen LogP contribution in [0.4, 0.5) is 0 Å². The Bertz CT molecular complexity index is 194. The van der Waals surface area contributed by atoms with E-state index >= 15 is 0 Å². The Labute approximate surface area is 78.3 Å². The second-order valence-electron chi connectivity index (χ2n) is 4.23. The zero-order valence-corrected chi connectivity index (χ0v) is 8.39. The topological polar surface area (TPSA) is 66.4 Å². The fourth-order valence-corrected chi connectivity index (χ4v) is 0.777. The van der Waals surface area contributed by atoms with E-state index in [0.717, 1.165) is 6.42 Å². The van der Waals surface area contributed by atoms with Crippen LogP contribution in [0.15, 0.2) is 0 Å². The lowest BCUT2D eigenvalue weighted by Gasteiger charge is -2.17. The predicted octanol–water partition coefficient (Wildman–Crippen LogP) is 1.01. The lowest BCUT2D eigenvalue weighted by molar-refractivity contribution is -0.140. The number of hydrogen-bond donors (Lipinski definition) is 2. The van der Waals surface area contributed by atoms with Gasteiger partial charge in [0, 0.05) is 6.54 Å². The molecule has 0 radical (unpaired) electrons. The molecule has 0 aromatic heterocycles. The molecule has 0 saturated heterocycles. The van der Waals surface area contributed by atoms with Gasteiger partial charge in [0.25, 0.3) is 0 Å². The average molecular weight is 187 g/mol. The Balaban J connectivity index is 3.54. The first-order valence-corrected chi connectivity index (χ1v) is 4.30. The van der Waals surface area contributed by atoms with Crippen molar-refractivity contribution in [2.24, 2.45) is 5.41 Å². The van der Waals surface area contributed by atoms with Crippen LogP contribution in [0.2, 0.25) is 0 Å². The summed E-state index contributed by atoms with van der Waals surface area (Å²) in [6.07, 6.45) is 0.405. The number of amides is 1. The van der Waals surface area contributed by atoms with Crippen molar-refractivity contribution in [1.29, 1.82) is 0 Å². The molecule has 1 amide bonds. The average Bonchev–Trinajstić information content (AvgIpc) is 1.81. The van der Waals surface area contributed by atoms with Gasteiger partial charge in [0.2, 0.25) is 5.91 Å². The summed E-state index contributed by atoms with van der Waals surface area (Å²) in [5.41, 5.74) is 0.163. The van der Waals surface area contributed by atoms with Crippen LogP contribution in [0.3, 0.4) is 0 Å². The number of carboxylic acid groups (broad SMARTS) is 1. The summed E-state index contributed by atoms with van der Waals surface area (Å²) in [6.45, 7) is 6.73. The SMILES string of the molecule is CC(C)(C)CCNC(=O)CC(=O)O. The fraction of sp³-hybridized carbons (Fsp3) is 0.778. The second-order valence-corrected chi connectivity index (χ2v) is 4.23. The summed E-state index contributed by atoms with van der Waals surface area (Å²) >= 11 is 0. The highest BCUT2D eigenvalue weighted by Crippen LogP contribution is 2.16. The minimum absolute atomic E-state index is 0.163. The number of carbonyl (C=O) groups is 2. The standard InChI is InChI=1S/C9H17NO3/c1-9(2,3)4-5-10-7(11)6-8(12)13/h4-6H2,1-3H3,(H,10,11)(H,12,13). The molecular weight excluding hydrogens is 170 g/mol. The maximum atomic E-state index is 10.8. The molecule has 0 aliphatic heterocycles. The van der Waals surface area contributed by atoms with Gasteiger partial charge in [0.1, 0.15) is 6.42 Å². The molecule has 0 rings (SSSR count). The largest absolute Gasteiger partial charge is 0.481 e. The number of hydrogen-bond acceptors (Lipinski definition) is 2. The summed E-state index contributed by atoms with van der Waals surface area (Å²) in [5.74, 6) is -1.51. The van der Waals surface area contributed by atoms with Crippen LogP contribution in [-0.4, -0.2) is 23.5 Å². The van der Waals surface area contributed by atoms with E-state index < -0.39 is 18.3 Å². The summed E-state index contributed by atoms with van der Waals surface area (Å²) in [5, 5.41) is 10.8. The quantitative estimate of drug-likeness (QED) is 0.645. The van der Waals surface area contributed by atoms with Crippen molar-refractivity contribution in [3.05, 3.63) is 0 Å². The van der Waals surface area contributed by atoms with E-state index in [2.05, 4.69) is 26.1 Å². The Hall–Kier alpha value is -1.06. The molecule has 0 aliphatic carbocycles. The monoisotopic (exact) mass is 187 g/mol. The minimum atomic E-state index is -1.09. The van der Waals surface area contributed by atoms with Gasteiger partial charge in [-0.25, -0.2) is 0 Å². The summed E-state index contributed by atoms with van der Waals surface area (Å²) < 4.78 is 0. The number of carboxylic acids is 1. The highest BCUT2D eigenvalue weighted by Gasteiger charge is 2.11. The highest BCUT2D eigenvalue weighted by molar-refractivity contribution is 5.93. The number of carbonyl (C=O) groups excluding carboxylic acids is 1. The van der Waals surface area contributed by atoms with Crippen molar-refractivity contribution in [3.63, 3.8) is 0 Å². The lowest BCUT2D eigenvalue weighted by atomic mass is 9.92. The van der Waals surface area contributed by atoms with Crippen LogP contribution < -0.4 is 5.32 Å². The molecule has 76 valence electrons. The van der Waals surface area contributed by atoms with Crippen molar-refractivity contribution in [2.45, 2.75) is 33.6 Å². The summed E-state index contributed by atoms with van der Waals surface area (Å²) in [7, 11) is 0. The molecule has 4 nitrogen and oxygen atoms in total. The fourth-order valence-electron chi connectivity index (χ4n) is 0.777. The van der Waals surface area contributed by atoms with Gasteiger partial charge in [-0.3, -0.25) is 9.59 Å². The zero-order valence-electron chi connectivity index (χ0n) is 8.39. The summed E-state index contributed by atoms with van der Waals surface area (Å²) in [6, 6.07) is 0. The molecule has 0 saturated carbocycles. The van der Waals surface area contributed by atoms with E-state index in [9.17, 15) is 9.59 Å². The molecule has 0 unspecified atom stereocenters. The molecular formula is C9H17NO3. The maximum absolute atomic E-state index is 10.8. The van der Waals surface area contributed by atoms with E-state index in [-0.39, 0.29) is 5.41 Å². The minimum Gasteiger partial charge on any atom is -0.481 e. The first kappa shape index (κ1) is 11.9. The van der Waals surface area contributed by atoms with Gasteiger partial charge < -0.3 is 10.4 Å². The van der Waals surface area contributed by atoms with Gasteiger partial charge in [-0.15, -0.1) is 0 Å². The lowest BCUT2D eigenvalue weighted by Crippen LogP contribution is -2.28. The van der Waals surface area contributed by atoms with Crippen molar-refractivity contribution in [3.8, 4) is 0 Å². The molecule has 0 heterocycles. The first-order valence-electron chi connectivity index (χ1n) is 4.30. The van der Waals surface area contributed by atoms with Gasteiger partial charge in [-0.2, -0.15) is 0 Å². The molecule has 0 aromatic rings. The number of aliphatic carboxylic acids is 1. The smallest absolute Gasteiger partial charge is 0.312 e. The van der Waals surface area contributed by atoms with Crippen LogP contribution in [-0.2, 0) is 9.59 Å². The Morgan fingerprint density at radius 1 is 1.31 bits per heavy atom. The molecule has 0 aromatic carbocycles. The van der Waals surface area contributed by atoms with Crippen LogP contribution in [0.5, 0.6) is 0 Å². The maximum Gasteiger partial charge on any atom is 0.312 e. The van der Waals surface area contributed by atoms with Crippen molar-refractivity contribution in [1.82, 2.24) is 5.32 Å². The van der Waals surface area contributed by atoms with E-state index in [4.69, 9.17) is 5.11 Å². The van der Waals surface area contributed by atoms with E-state index in [1.54, 1.807) is 0 Å². The number of nitrogens with one attached hydrogen (secondary N) is 1. The Morgan fingerprint density at radius 3 is 2.23 bits per heavy atom. The van der Waals surface area contributed by atoms with Gasteiger partial charge >= 0.3 is 5.97 Å². The van der Waals surface area contributed by atoms with E-state index in [1.807, 2.05) is 0 Å². The molecule has 2 N–H and O–H groups in total. The Morgan fingerprint density at radius 2 is 1.85 bits per heavy atom. The highest BCUT2D eigenvalue weighted by atomic mass is 16.4. The van der Waals surface area contributed by atoms with Crippen molar-refractivity contribution < 1.29 is 14.7 Å². The van der Waals surface area contributed by atoms with Gasteiger partial charge in [0.05, 0.1) is 0 Å². The van der Waals surface area contributed by atoms with Crippen molar-refractivity contribution in [2.75, 3.05) is 6.54 Å². The zero-order chi connectivity index (χ0) is 10.5. The predicted molar refractivity (Wildman–Crippen MR) is 49.3 cm³/mol. The molecule has 0 aliphatic rings. The van der Waals surface area contributed by atoms with E-state index in [1.165, 1.54) is 0 Å². The van der Waals surface area contributed by atoms with E-state index in [0.29, 0.717) is 6.54 Å². The van der Waals surface area contributed by atoms with Crippen LogP contribution >= 0.6 is 0 Å².